The topological polar surface area (TPSA) is 113 Å². The predicted molar refractivity (Wildman–Crippen MR) is 121 cm³/mol. The quantitative estimate of drug-likeness (QED) is 0.444. The van der Waals surface area contributed by atoms with Gasteiger partial charge in [0.2, 0.25) is 5.82 Å². The molecule has 0 spiro atoms. The van der Waals surface area contributed by atoms with Crippen molar-refractivity contribution in [3.05, 3.63) is 60.2 Å². The summed E-state index contributed by atoms with van der Waals surface area (Å²) in [5.41, 5.74) is 2.08. The lowest BCUT2D eigenvalue weighted by Crippen LogP contribution is -2.49. The lowest BCUT2D eigenvalue weighted by Gasteiger charge is -2.35. The number of anilines is 1. The minimum absolute atomic E-state index is 0.163. The fourth-order valence-corrected chi connectivity index (χ4v) is 3.90. The average Bonchev–Trinajstić information content (AvgIpc) is 3.59. The van der Waals surface area contributed by atoms with Gasteiger partial charge in [0.05, 0.1) is 12.8 Å². The number of H-pyrrole nitrogens is 1. The molecule has 4 aromatic rings. The predicted octanol–water partition coefficient (Wildman–Crippen LogP) is 3.51. The van der Waals surface area contributed by atoms with E-state index in [0.29, 0.717) is 54.7 Å². The Balaban J connectivity index is 1.21. The molecule has 0 unspecified atom stereocenters. The Labute approximate surface area is 202 Å². The van der Waals surface area contributed by atoms with Crippen molar-refractivity contribution in [2.24, 2.45) is 0 Å². The minimum atomic E-state index is -4.71. The molecule has 1 amide bonds. The highest BCUT2D eigenvalue weighted by atomic mass is 19.4. The van der Waals surface area contributed by atoms with Gasteiger partial charge in [-0.25, -0.2) is 4.98 Å². The van der Waals surface area contributed by atoms with Crippen LogP contribution in [-0.2, 0) is 6.18 Å². The molecule has 1 N–H and O–H groups in total. The molecule has 0 bridgehead atoms. The number of ether oxygens (including phenoxy) is 1. The molecule has 0 saturated carbocycles. The summed E-state index contributed by atoms with van der Waals surface area (Å²) in [6.07, 6.45) is -3.32. The van der Waals surface area contributed by atoms with E-state index in [0.717, 1.165) is 5.56 Å². The maximum absolute atomic E-state index is 13.0. The number of methoxy groups -OCH3 is 1. The van der Waals surface area contributed by atoms with Crippen molar-refractivity contribution in [3.8, 4) is 28.4 Å². The number of halogens is 3. The Morgan fingerprint density at radius 1 is 1.11 bits per heavy atom. The third-order valence-corrected chi connectivity index (χ3v) is 5.76. The molecule has 36 heavy (non-hydrogen) atoms. The number of carbonyl (C=O) groups is 1. The molecule has 13 heteroatoms. The van der Waals surface area contributed by atoms with E-state index >= 15 is 0 Å². The number of pyridine rings is 1. The smallest absolute Gasteiger partial charge is 0.471 e. The van der Waals surface area contributed by atoms with Crippen molar-refractivity contribution < 1.29 is 27.2 Å². The molecule has 5 rings (SSSR count). The van der Waals surface area contributed by atoms with Crippen molar-refractivity contribution >= 4 is 11.7 Å². The van der Waals surface area contributed by atoms with Gasteiger partial charge in [0, 0.05) is 43.5 Å². The summed E-state index contributed by atoms with van der Waals surface area (Å²) in [5.74, 6) is -0.469. The molecule has 1 aliphatic heterocycles. The van der Waals surface area contributed by atoms with Gasteiger partial charge in [0.1, 0.15) is 17.3 Å². The van der Waals surface area contributed by atoms with Crippen LogP contribution in [0, 0.1) is 0 Å². The number of benzene rings is 1. The van der Waals surface area contributed by atoms with Crippen LogP contribution in [-0.4, -0.2) is 69.4 Å². The van der Waals surface area contributed by atoms with E-state index in [1.54, 1.807) is 30.2 Å². The highest BCUT2D eigenvalue weighted by Gasteiger charge is 2.38. The number of rotatable bonds is 5. The molecule has 1 fully saturated rings. The number of carbonyl (C=O) groups excluding carboxylic acids is 1. The summed E-state index contributed by atoms with van der Waals surface area (Å²) >= 11 is 0. The summed E-state index contributed by atoms with van der Waals surface area (Å²) in [7, 11) is 1.58. The Morgan fingerprint density at radius 3 is 2.56 bits per heavy atom. The molecule has 0 radical (unpaired) electrons. The number of piperazine rings is 1. The Bertz CT molecular complexity index is 1360. The average molecular weight is 499 g/mol. The second kappa shape index (κ2) is 9.32. The monoisotopic (exact) mass is 499 g/mol. The number of alkyl halides is 3. The molecule has 3 aromatic heterocycles. The third-order valence-electron chi connectivity index (χ3n) is 5.76. The van der Waals surface area contributed by atoms with Crippen molar-refractivity contribution in [2.75, 3.05) is 38.2 Å². The van der Waals surface area contributed by atoms with E-state index in [9.17, 15) is 18.0 Å². The summed E-state index contributed by atoms with van der Waals surface area (Å²) in [5, 5.41) is 10.5. The van der Waals surface area contributed by atoms with Crippen LogP contribution < -0.4 is 9.64 Å². The fourth-order valence-electron chi connectivity index (χ4n) is 3.90. The van der Waals surface area contributed by atoms with Gasteiger partial charge in [-0.1, -0.05) is 17.3 Å². The molecule has 10 nitrogen and oxygen atoms in total. The minimum Gasteiger partial charge on any atom is -0.496 e. The van der Waals surface area contributed by atoms with Crippen molar-refractivity contribution in [1.82, 2.24) is 30.2 Å². The van der Waals surface area contributed by atoms with E-state index in [-0.39, 0.29) is 11.7 Å². The van der Waals surface area contributed by atoms with Crippen LogP contribution in [0.5, 0.6) is 5.75 Å². The largest absolute Gasteiger partial charge is 0.496 e. The number of hydrogen-bond acceptors (Lipinski definition) is 8. The zero-order valence-electron chi connectivity index (χ0n) is 19.0. The van der Waals surface area contributed by atoms with E-state index in [4.69, 9.17) is 4.74 Å². The van der Waals surface area contributed by atoms with Gasteiger partial charge in [-0.15, -0.1) is 0 Å². The van der Waals surface area contributed by atoms with Gasteiger partial charge in [-0.3, -0.25) is 9.89 Å². The summed E-state index contributed by atoms with van der Waals surface area (Å²) in [4.78, 5) is 24.4. The van der Waals surface area contributed by atoms with Gasteiger partial charge in [-0.05, 0) is 30.3 Å². The maximum Gasteiger partial charge on any atom is 0.471 e. The number of amides is 1. The molecule has 1 saturated heterocycles. The molecule has 0 aliphatic carbocycles. The Kier molecular flexibility index (Phi) is 6.04. The zero-order chi connectivity index (χ0) is 25.3. The lowest BCUT2D eigenvalue weighted by atomic mass is 10.1. The second-order valence-corrected chi connectivity index (χ2v) is 7.97. The molecule has 4 heterocycles. The molecule has 0 atom stereocenters. The number of aromatic nitrogens is 5. The SMILES string of the molecule is COc1ccccc1-c1cc(C(=O)N2CCN(c3ccc(-c4noc(C(F)(F)F)n4)cn3)CC2)[nH]n1. The number of hydrogen-bond donors (Lipinski definition) is 1. The Hall–Kier alpha value is -4.42. The highest BCUT2D eigenvalue weighted by molar-refractivity contribution is 5.93. The van der Waals surface area contributed by atoms with E-state index in [2.05, 4.69) is 29.8 Å². The van der Waals surface area contributed by atoms with Crippen LogP contribution in [0.3, 0.4) is 0 Å². The van der Waals surface area contributed by atoms with Gasteiger partial charge < -0.3 is 19.1 Å². The van der Waals surface area contributed by atoms with Crippen LogP contribution in [0.2, 0.25) is 0 Å². The van der Waals surface area contributed by atoms with Crippen LogP contribution >= 0.6 is 0 Å². The summed E-state index contributed by atoms with van der Waals surface area (Å²) < 4.78 is 47.7. The third kappa shape index (κ3) is 4.59. The second-order valence-electron chi connectivity index (χ2n) is 7.97. The first-order valence-corrected chi connectivity index (χ1v) is 10.9. The van der Waals surface area contributed by atoms with Gasteiger partial charge in [-0.2, -0.15) is 23.3 Å². The molecule has 1 aromatic carbocycles. The van der Waals surface area contributed by atoms with Crippen LogP contribution in [0.15, 0.2) is 53.2 Å². The van der Waals surface area contributed by atoms with Gasteiger partial charge >= 0.3 is 12.1 Å². The standard InChI is InChI=1S/C23H20F3N7O3/c1-35-18-5-3-2-4-15(18)16-12-17(30-29-16)21(34)33-10-8-32(9-11-33)19-7-6-14(13-27-19)20-28-22(36-31-20)23(24,25)26/h2-7,12-13H,8-11H2,1H3,(H,29,30). The first kappa shape index (κ1) is 23.3. The molecule has 186 valence electrons. The van der Waals surface area contributed by atoms with Crippen molar-refractivity contribution in [2.45, 2.75) is 6.18 Å². The fraction of sp³-hybridized carbons (Fsp3) is 0.261. The number of nitrogens with zero attached hydrogens (tertiary/aromatic N) is 6. The molecular formula is C23H20F3N7O3. The maximum atomic E-state index is 13.0. The van der Waals surface area contributed by atoms with Gasteiger partial charge in [0.25, 0.3) is 5.91 Å². The summed E-state index contributed by atoms with van der Waals surface area (Å²) in [6.45, 7) is 1.99. The van der Waals surface area contributed by atoms with Gasteiger partial charge in [0.15, 0.2) is 0 Å². The van der Waals surface area contributed by atoms with Crippen LogP contribution in [0.4, 0.5) is 19.0 Å². The number of para-hydroxylation sites is 1. The van der Waals surface area contributed by atoms with Crippen LogP contribution in [0.1, 0.15) is 16.4 Å². The number of nitrogens with one attached hydrogen (secondary N) is 1. The van der Waals surface area contributed by atoms with E-state index in [1.807, 2.05) is 29.2 Å². The zero-order valence-corrected chi connectivity index (χ0v) is 19.0. The number of aromatic amines is 1. The highest BCUT2D eigenvalue weighted by Crippen LogP contribution is 2.30. The van der Waals surface area contributed by atoms with E-state index < -0.39 is 12.1 Å². The summed E-state index contributed by atoms with van der Waals surface area (Å²) in [6, 6.07) is 12.4. The van der Waals surface area contributed by atoms with E-state index in [1.165, 1.54) is 6.20 Å². The van der Waals surface area contributed by atoms with Crippen molar-refractivity contribution in [1.29, 1.82) is 0 Å². The first-order chi connectivity index (χ1) is 17.3. The molecule has 1 aliphatic rings. The van der Waals surface area contributed by atoms with Crippen molar-refractivity contribution in [3.63, 3.8) is 0 Å². The Morgan fingerprint density at radius 2 is 1.89 bits per heavy atom. The normalized spacial score (nSPS) is 14.2. The first-order valence-electron chi connectivity index (χ1n) is 10.9. The van der Waals surface area contributed by atoms with Crippen LogP contribution in [0.25, 0.3) is 22.6 Å². The lowest BCUT2D eigenvalue weighted by molar-refractivity contribution is -0.159. The molecular weight excluding hydrogens is 479 g/mol.